The molecule has 0 amide bonds. The summed E-state index contributed by atoms with van der Waals surface area (Å²) in [7, 11) is 0. The molecule has 0 bridgehead atoms. The van der Waals surface area contributed by atoms with E-state index >= 15 is 0 Å². The first-order valence-electron chi connectivity index (χ1n) is 5.54. The predicted molar refractivity (Wildman–Crippen MR) is 59.2 cm³/mol. The first-order valence-corrected chi connectivity index (χ1v) is 5.54. The lowest BCUT2D eigenvalue weighted by Gasteiger charge is -2.27. The van der Waals surface area contributed by atoms with Crippen molar-refractivity contribution >= 4 is 0 Å². The molecule has 1 aromatic carbocycles. The molecule has 1 N–H and O–H groups in total. The summed E-state index contributed by atoms with van der Waals surface area (Å²) >= 11 is 0. The van der Waals surface area contributed by atoms with Crippen LogP contribution in [0, 0.1) is 18.6 Å². The Morgan fingerprint density at radius 3 is 2.56 bits per heavy atom. The summed E-state index contributed by atoms with van der Waals surface area (Å²) in [5, 5.41) is 3.26. The number of rotatable bonds is 2. The van der Waals surface area contributed by atoms with Gasteiger partial charge in [-0.1, -0.05) is 6.07 Å². The van der Waals surface area contributed by atoms with Crippen molar-refractivity contribution in [2.24, 2.45) is 0 Å². The van der Waals surface area contributed by atoms with E-state index in [0.717, 1.165) is 31.7 Å². The molecule has 0 unspecified atom stereocenters. The average molecular weight is 226 g/mol. The summed E-state index contributed by atoms with van der Waals surface area (Å²) in [4.78, 5) is 2.24. The number of nitrogens with one attached hydrogen (secondary N) is 1. The van der Waals surface area contributed by atoms with Crippen LogP contribution in [-0.4, -0.2) is 31.1 Å². The van der Waals surface area contributed by atoms with E-state index < -0.39 is 11.6 Å². The van der Waals surface area contributed by atoms with Crippen LogP contribution in [-0.2, 0) is 6.54 Å². The standard InChI is InChI=1S/C12H16F2N2/c1-9-6-10(7-11(13)12(9)14)8-16-4-2-15-3-5-16/h6-7,15H,2-5,8H2,1H3. The van der Waals surface area contributed by atoms with E-state index in [9.17, 15) is 8.78 Å². The largest absolute Gasteiger partial charge is 0.314 e. The fourth-order valence-corrected chi connectivity index (χ4v) is 2.02. The van der Waals surface area contributed by atoms with Crippen molar-refractivity contribution in [1.82, 2.24) is 10.2 Å². The monoisotopic (exact) mass is 226 g/mol. The fourth-order valence-electron chi connectivity index (χ4n) is 2.02. The fraction of sp³-hybridized carbons (Fsp3) is 0.500. The molecule has 2 rings (SSSR count). The molecule has 4 heteroatoms. The number of halogens is 2. The maximum Gasteiger partial charge on any atom is 0.161 e. The molecule has 1 aliphatic heterocycles. The van der Waals surface area contributed by atoms with Crippen LogP contribution in [0.25, 0.3) is 0 Å². The minimum Gasteiger partial charge on any atom is -0.314 e. The third-order valence-electron chi connectivity index (χ3n) is 2.89. The topological polar surface area (TPSA) is 15.3 Å². The minimum atomic E-state index is -0.745. The third-order valence-corrected chi connectivity index (χ3v) is 2.89. The Morgan fingerprint density at radius 2 is 1.94 bits per heavy atom. The molecule has 88 valence electrons. The molecule has 2 nitrogen and oxygen atoms in total. The van der Waals surface area contributed by atoms with E-state index in [-0.39, 0.29) is 0 Å². The highest BCUT2D eigenvalue weighted by Crippen LogP contribution is 2.15. The number of piperazine rings is 1. The molecule has 0 spiro atoms. The van der Waals surface area contributed by atoms with E-state index in [1.807, 2.05) is 0 Å². The summed E-state index contributed by atoms with van der Waals surface area (Å²) < 4.78 is 26.3. The molecule has 16 heavy (non-hydrogen) atoms. The van der Waals surface area contributed by atoms with E-state index in [1.165, 1.54) is 6.07 Å². The first-order chi connectivity index (χ1) is 7.66. The molecule has 0 aromatic heterocycles. The Kier molecular flexibility index (Phi) is 3.51. The van der Waals surface area contributed by atoms with Gasteiger partial charge in [-0.05, 0) is 24.1 Å². The summed E-state index contributed by atoms with van der Waals surface area (Å²) in [6, 6.07) is 3.02. The lowest BCUT2D eigenvalue weighted by atomic mass is 10.1. The normalized spacial score (nSPS) is 17.7. The minimum absolute atomic E-state index is 0.380. The van der Waals surface area contributed by atoms with Gasteiger partial charge in [0.15, 0.2) is 11.6 Å². The van der Waals surface area contributed by atoms with Gasteiger partial charge in [-0.25, -0.2) is 8.78 Å². The molecule has 1 aliphatic rings. The summed E-state index contributed by atoms with van der Waals surface area (Å²) in [5.74, 6) is -1.48. The van der Waals surface area contributed by atoms with Gasteiger partial charge in [-0.2, -0.15) is 0 Å². The Bertz CT molecular complexity index is 350. The molecule has 0 atom stereocenters. The van der Waals surface area contributed by atoms with Gasteiger partial charge in [0.25, 0.3) is 0 Å². The Hall–Kier alpha value is -1.00. The van der Waals surface area contributed by atoms with E-state index in [4.69, 9.17) is 0 Å². The van der Waals surface area contributed by atoms with Crippen molar-refractivity contribution in [3.63, 3.8) is 0 Å². The van der Waals surface area contributed by atoms with Gasteiger partial charge in [0, 0.05) is 32.7 Å². The van der Waals surface area contributed by atoms with Crippen molar-refractivity contribution in [1.29, 1.82) is 0 Å². The van der Waals surface area contributed by atoms with Crippen molar-refractivity contribution < 1.29 is 8.78 Å². The average Bonchev–Trinajstić information content (AvgIpc) is 2.27. The van der Waals surface area contributed by atoms with E-state index in [0.29, 0.717) is 12.1 Å². The van der Waals surface area contributed by atoms with Gasteiger partial charge in [0.05, 0.1) is 0 Å². The summed E-state index contributed by atoms with van der Waals surface area (Å²) in [6.45, 7) is 6.13. The highest BCUT2D eigenvalue weighted by molar-refractivity contribution is 5.25. The van der Waals surface area contributed by atoms with Gasteiger partial charge in [-0.3, -0.25) is 4.90 Å². The number of hydrogen-bond donors (Lipinski definition) is 1. The molecule has 1 aromatic rings. The van der Waals surface area contributed by atoms with Gasteiger partial charge in [0.2, 0.25) is 0 Å². The lowest BCUT2D eigenvalue weighted by Crippen LogP contribution is -2.42. The Labute approximate surface area is 94.3 Å². The molecule has 1 saturated heterocycles. The number of aryl methyl sites for hydroxylation is 1. The third kappa shape index (κ3) is 2.57. The smallest absolute Gasteiger partial charge is 0.161 e. The van der Waals surface area contributed by atoms with Gasteiger partial charge < -0.3 is 5.32 Å². The quantitative estimate of drug-likeness (QED) is 0.825. The van der Waals surface area contributed by atoms with Crippen molar-refractivity contribution in [2.75, 3.05) is 26.2 Å². The maximum atomic E-state index is 13.2. The number of nitrogens with zero attached hydrogens (tertiary/aromatic N) is 1. The van der Waals surface area contributed by atoms with Crippen molar-refractivity contribution in [2.45, 2.75) is 13.5 Å². The zero-order chi connectivity index (χ0) is 11.5. The second-order valence-corrected chi connectivity index (χ2v) is 4.23. The molecule has 0 saturated carbocycles. The predicted octanol–water partition coefficient (Wildman–Crippen LogP) is 1.68. The van der Waals surface area contributed by atoms with Gasteiger partial charge >= 0.3 is 0 Å². The van der Waals surface area contributed by atoms with Crippen LogP contribution >= 0.6 is 0 Å². The summed E-state index contributed by atoms with van der Waals surface area (Å²) in [5.41, 5.74) is 1.23. The van der Waals surface area contributed by atoms with Crippen molar-refractivity contribution in [3.05, 3.63) is 34.9 Å². The van der Waals surface area contributed by atoms with Crippen LogP contribution in [0.3, 0.4) is 0 Å². The number of hydrogen-bond acceptors (Lipinski definition) is 2. The van der Waals surface area contributed by atoms with Crippen LogP contribution in [0.5, 0.6) is 0 Å². The molecule has 0 aliphatic carbocycles. The van der Waals surface area contributed by atoms with E-state index in [2.05, 4.69) is 10.2 Å². The lowest BCUT2D eigenvalue weighted by molar-refractivity contribution is 0.233. The van der Waals surface area contributed by atoms with Crippen molar-refractivity contribution in [3.8, 4) is 0 Å². The molecular weight excluding hydrogens is 210 g/mol. The second-order valence-electron chi connectivity index (χ2n) is 4.23. The first kappa shape index (κ1) is 11.5. The zero-order valence-electron chi connectivity index (χ0n) is 9.39. The van der Waals surface area contributed by atoms with Gasteiger partial charge in [0.1, 0.15) is 0 Å². The molecule has 0 radical (unpaired) electrons. The molecule has 1 heterocycles. The number of benzene rings is 1. The zero-order valence-corrected chi connectivity index (χ0v) is 9.39. The van der Waals surface area contributed by atoms with Crippen LogP contribution in [0.15, 0.2) is 12.1 Å². The highest BCUT2D eigenvalue weighted by Gasteiger charge is 2.12. The Balaban J connectivity index is 2.09. The SMILES string of the molecule is Cc1cc(CN2CCNCC2)cc(F)c1F. The summed E-state index contributed by atoms with van der Waals surface area (Å²) in [6.07, 6.45) is 0. The van der Waals surface area contributed by atoms with Gasteiger partial charge in [-0.15, -0.1) is 0 Å². The second kappa shape index (κ2) is 4.89. The molecular formula is C12H16F2N2. The van der Waals surface area contributed by atoms with Crippen LogP contribution < -0.4 is 5.32 Å². The molecule has 1 fully saturated rings. The Morgan fingerprint density at radius 1 is 1.25 bits per heavy atom. The maximum absolute atomic E-state index is 13.2. The highest BCUT2D eigenvalue weighted by atomic mass is 19.2. The van der Waals surface area contributed by atoms with Crippen LogP contribution in [0.4, 0.5) is 8.78 Å². The van der Waals surface area contributed by atoms with E-state index in [1.54, 1.807) is 13.0 Å². The van der Waals surface area contributed by atoms with Crippen LogP contribution in [0.1, 0.15) is 11.1 Å². The van der Waals surface area contributed by atoms with Crippen LogP contribution in [0.2, 0.25) is 0 Å².